The van der Waals surface area contributed by atoms with Gasteiger partial charge in [0.2, 0.25) is 0 Å². The lowest BCUT2D eigenvalue weighted by Gasteiger charge is -2.11. The predicted molar refractivity (Wildman–Crippen MR) is 61.9 cm³/mol. The molecule has 0 aliphatic heterocycles. The van der Waals surface area contributed by atoms with Gasteiger partial charge in [-0.3, -0.25) is 9.59 Å². The van der Waals surface area contributed by atoms with Gasteiger partial charge in [0.15, 0.2) is 5.76 Å². The Hall–Kier alpha value is -1.78. The van der Waals surface area contributed by atoms with Crippen molar-refractivity contribution in [1.29, 1.82) is 0 Å². The maximum atomic E-state index is 11.7. The van der Waals surface area contributed by atoms with E-state index in [1.165, 1.54) is 0 Å². The molecule has 0 radical (unpaired) electrons. The van der Waals surface area contributed by atoms with Gasteiger partial charge in [-0.15, -0.1) is 0 Å². The molecule has 94 valence electrons. The molecule has 0 aliphatic rings. The molecular formula is C12H17NO4. The van der Waals surface area contributed by atoms with Crippen molar-refractivity contribution in [2.75, 3.05) is 0 Å². The van der Waals surface area contributed by atoms with Gasteiger partial charge >= 0.3 is 5.97 Å². The van der Waals surface area contributed by atoms with Gasteiger partial charge in [-0.2, -0.15) is 0 Å². The SMILES string of the molecule is CCc1ccc(C(=O)N[C@@H](C)CCC(=O)O)o1. The van der Waals surface area contributed by atoms with E-state index in [-0.39, 0.29) is 24.1 Å². The minimum atomic E-state index is -0.864. The molecule has 1 rings (SSSR count). The molecule has 0 unspecified atom stereocenters. The Morgan fingerprint density at radius 3 is 2.71 bits per heavy atom. The second-order valence-corrected chi connectivity index (χ2v) is 3.93. The van der Waals surface area contributed by atoms with Crippen LogP contribution in [0, 0.1) is 0 Å². The van der Waals surface area contributed by atoms with E-state index in [9.17, 15) is 9.59 Å². The summed E-state index contributed by atoms with van der Waals surface area (Å²) in [5.74, 6) is -0.141. The third-order valence-electron chi connectivity index (χ3n) is 2.40. The molecule has 2 N–H and O–H groups in total. The van der Waals surface area contributed by atoms with Gasteiger partial charge in [0.05, 0.1) is 0 Å². The van der Waals surface area contributed by atoms with Gasteiger partial charge in [0.25, 0.3) is 5.91 Å². The highest BCUT2D eigenvalue weighted by molar-refractivity contribution is 5.91. The minimum absolute atomic E-state index is 0.0415. The van der Waals surface area contributed by atoms with E-state index in [4.69, 9.17) is 9.52 Å². The van der Waals surface area contributed by atoms with Crippen LogP contribution in [0.2, 0.25) is 0 Å². The van der Waals surface area contributed by atoms with E-state index in [1.54, 1.807) is 19.1 Å². The van der Waals surface area contributed by atoms with Gasteiger partial charge < -0.3 is 14.8 Å². The highest BCUT2D eigenvalue weighted by atomic mass is 16.4. The number of amides is 1. The Kier molecular flexibility index (Phi) is 4.75. The quantitative estimate of drug-likeness (QED) is 0.793. The number of hydrogen-bond acceptors (Lipinski definition) is 3. The molecule has 0 fully saturated rings. The van der Waals surface area contributed by atoms with Crippen molar-refractivity contribution in [1.82, 2.24) is 5.32 Å². The van der Waals surface area contributed by atoms with Crippen LogP contribution < -0.4 is 5.32 Å². The lowest BCUT2D eigenvalue weighted by Crippen LogP contribution is -2.32. The van der Waals surface area contributed by atoms with Crippen LogP contribution in [0.1, 0.15) is 43.0 Å². The van der Waals surface area contributed by atoms with E-state index in [0.29, 0.717) is 6.42 Å². The Morgan fingerprint density at radius 1 is 1.47 bits per heavy atom. The van der Waals surface area contributed by atoms with Crippen LogP contribution in [0.15, 0.2) is 16.5 Å². The molecule has 5 nitrogen and oxygen atoms in total. The van der Waals surface area contributed by atoms with Gasteiger partial charge in [-0.1, -0.05) is 6.92 Å². The highest BCUT2D eigenvalue weighted by Gasteiger charge is 2.14. The summed E-state index contributed by atoms with van der Waals surface area (Å²) in [5.41, 5.74) is 0. The highest BCUT2D eigenvalue weighted by Crippen LogP contribution is 2.09. The third kappa shape index (κ3) is 4.30. The second-order valence-electron chi connectivity index (χ2n) is 3.93. The molecule has 0 spiro atoms. The van der Waals surface area contributed by atoms with E-state index >= 15 is 0 Å². The van der Waals surface area contributed by atoms with Crippen molar-refractivity contribution in [2.24, 2.45) is 0 Å². The Bertz CT molecular complexity index is 397. The lowest BCUT2D eigenvalue weighted by molar-refractivity contribution is -0.137. The fourth-order valence-electron chi connectivity index (χ4n) is 1.40. The van der Waals surface area contributed by atoms with Crippen molar-refractivity contribution >= 4 is 11.9 Å². The predicted octanol–water partition coefficient (Wildman–Crippen LogP) is 1.83. The number of carboxylic acid groups (broad SMARTS) is 1. The summed E-state index contributed by atoms with van der Waals surface area (Å²) in [6.45, 7) is 3.71. The molecule has 0 aliphatic carbocycles. The average Bonchev–Trinajstić information content (AvgIpc) is 2.74. The summed E-state index contributed by atoms with van der Waals surface area (Å²) in [6, 6.07) is 3.20. The molecule has 1 aromatic heterocycles. The van der Waals surface area contributed by atoms with E-state index in [0.717, 1.165) is 12.2 Å². The van der Waals surface area contributed by atoms with E-state index in [2.05, 4.69) is 5.32 Å². The number of nitrogens with one attached hydrogen (secondary N) is 1. The topological polar surface area (TPSA) is 79.5 Å². The first-order valence-corrected chi connectivity index (χ1v) is 5.64. The molecule has 0 bridgehead atoms. The van der Waals surface area contributed by atoms with Gasteiger partial charge in [-0.25, -0.2) is 0 Å². The molecule has 17 heavy (non-hydrogen) atoms. The monoisotopic (exact) mass is 239 g/mol. The summed E-state index contributed by atoms with van der Waals surface area (Å²) in [4.78, 5) is 22.0. The number of aliphatic carboxylic acids is 1. The summed E-state index contributed by atoms with van der Waals surface area (Å²) in [6.07, 6.45) is 1.18. The third-order valence-corrected chi connectivity index (χ3v) is 2.40. The summed E-state index contributed by atoms with van der Waals surface area (Å²) < 4.78 is 5.29. The van der Waals surface area contributed by atoms with Crippen LogP contribution in [-0.4, -0.2) is 23.0 Å². The number of aryl methyl sites for hydroxylation is 1. The van der Waals surface area contributed by atoms with E-state index in [1.807, 2.05) is 6.92 Å². The zero-order chi connectivity index (χ0) is 12.8. The molecule has 0 saturated carbocycles. The number of rotatable bonds is 6. The van der Waals surface area contributed by atoms with Gasteiger partial charge in [0, 0.05) is 18.9 Å². The molecule has 1 heterocycles. The molecule has 0 saturated heterocycles. The smallest absolute Gasteiger partial charge is 0.303 e. The number of carbonyl (C=O) groups is 2. The van der Waals surface area contributed by atoms with Crippen molar-refractivity contribution in [2.45, 2.75) is 39.2 Å². The summed E-state index contributed by atoms with van der Waals surface area (Å²) >= 11 is 0. The average molecular weight is 239 g/mol. The Balaban J connectivity index is 2.45. The Morgan fingerprint density at radius 2 is 2.18 bits per heavy atom. The molecule has 1 atom stereocenters. The molecule has 0 aromatic carbocycles. The maximum Gasteiger partial charge on any atom is 0.303 e. The first-order chi connectivity index (χ1) is 8.02. The number of furan rings is 1. The van der Waals surface area contributed by atoms with Crippen molar-refractivity contribution in [3.63, 3.8) is 0 Å². The zero-order valence-corrected chi connectivity index (χ0v) is 10.0. The van der Waals surface area contributed by atoms with Crippen LogP contribution in [0.5, 0.6) is 0 Å². The largest absolute Gasteiger partial charge is 0.481 e. The Labute approximate surface area is 99.8 Å². The number of carbonyl (C=O) groups excluding carboxylic acids is 1. The van der Waals surface area contributed by atoms with Gasteiger partial charge in [-0.05, 0) is 25.5 Å². The van der Waals surface area contributed by atoms with Crippen molar-refractivity contribution in [3.8, 4) is 0 Å². The first-order valence-electron chi connectivity index (χ1n) is 5.64. The molecule has 1 amide bonds. The van der Waals surface area contributed by atoms with Crippen LogP contribution in [0.25, 0.3) is 0 Å². The normalized spacial score (nSPS) is 12.1. The fraction of sp³-hybridized carbons (Fsp3) is 0.500. The number of hydrogen-bond donors (Lipinski definition) is 2. The standard InChI is InChI=1S/C12H17NO4/c1-3-9-5-6-10(17-9)12(16)13-8(2)4-7-11(14)15/h5-6,8H,3-4,7H2,1-2H3,(H,13,16)(H,14,15)/t8-/m0/s1. The van der Waals surface area contributed by atoms with E-state index < -0.39 is 5.97 Å². The fourth-order valence-corrected chi connectivity index (χ4v) is 1.40. The molecule has 1 aromatic rings. The lowest BCUT2D eigenvalue weighted by atomic mass is 10.2. The second kappa shape index (κ2) is 6.08. The van der Waals surface area contributed by atoms with Crippen LogP contribution >= 0.6 is 0 Å². The first kappa shape index (κ1) is 13.3. The molecule has 5 heteroatoms. The number of carboxylic acids is 1. The van der Waals surface area contributed by atoms with Gasteiger partial charge in [0.1, 0.15) is 5.76 Å². The van der Waals surface area contributed by atoms with Crippen molar-refractivity contribution < 1.29 is 19.1 Å². The zero-order valence-electron chi connectivity index (χ0n) is 10.0. The maximum absolute atomic E-state index is 11.7. The van der Waals surface area contributed by atoms with Crippen LogP contribution in [0.4, 0.5) is 0 Å². The molecular weight excluding hydrogens is 222 g/mol. The van der Waals surface area contributed by atoms with Crippen LogP contribution in [-0.2, 0) is 11.2 Å². The summed E-state index contributed by atoms with van der Waals surface area (Å²) in [7, 11) is 0. The van der Waals surface area contributed by atoms with Crippen LogP contribution in [0.3, 0.4) is 0 Å². The summed E-state index contributed by atoms with van der Waals surface area (Å²) in [5, 5.41) is 11.2. The van der Waals surface area contributed by atoms with Crippen molar-refractivity contribution in [3.05, 3.63) is 23.7 Å². The minimum Gasteiger partial charge on any atom is -0.481 e.